The molecule has 0 fully saturated rings. The summed E-state index contributed by atoms with van der Waals surface area (Å²) < 4.78 is 6.25. The normalized spacial score (nSPS) is 20.2. The molecule has 5 heteroatoms. The third-order valence-electron chi connectivity index (χ3n) is 5.35. The van der Waals surface area contributed by atoms with Crippen LogP contribution in [0.1, 0.15) is 62.3 Å². The van der Waals surface area contributed by atoms with Gasteiger partial charge in [0.05, 0.1) is 11.3 Å². The average Bonchev–Trinajstić information content (AvgIpc) is 2.84. The second-order valence-electron chi connectivity index (χ2n) is 7.87. The molecule has 140 valence electrons. The van der Waals surface area contributed by atoms with Crippen LogP contribution in [0.25, 0.3) is 6.08 Å². The van der Waals surface area contributed by atoms with Gasteiger partial charge in [-0.1, -0.05) is 13.3 Å². The van der Waals surface area contributed by atoms with Gasteiger partial charge in [-0.15, -0.1) is 0 Å². The van der Waals surface area contributed by atoms with Crippen molar-refractivity contribution in [1.82, 2.24) is 5.01 Å². The number of phenolic OH excluding ortho intramolecular Hbond substituents is 1. The Hall–Kier alpha value is -2.30. The van der Waals surface area contributed by atoms with Crippen LogP contribution in [0.4, 0.5) is 0 Å². The van der Waals surface area contributed by atoms with Gasteiger partial charge in [-0.2, -0.15) is 5.10 Å². The summed E-state index contributed by atoms with van der Waals surface area (Å²) in [6.45, 7) is 10.1. The summed E-state index contributed by atoms with van der Waals surface area (Å²) in [4.78, 5) is 12.6. The maximum absolute atomic E-state index is 12.6. The summed E-state index contributed by atoms with van der Waals surface area (Å²) in [6.07, 6.45) is 5.12. The number of hydrazone groups is 1. The molecule has 0 saturated carbocycles. The Kier molecular flexibility index (Phi) is 4.59. The van der Waals surface area contributed by atoms with Crippen LogP contribution in [0, 0.1) is 13.8 Å². The van der Waals surface area contributed by atoms with E-state index in [1.807, 2.05) is 19.9 Å². The molecule has 3 rings (SSSR count). The first-order valence-corrected chi connectivity index (χ1v) is 9.28. The van der Waals surface area contributed by atoms with E-state index in [2.05, 4.69) is 25.9 Å². The van der Waals surface area contributed by atoms with Crippen molar-refractivity contribution in [3.8, 4) is 11.5 Å². The predicted octanol–water partition coefficient (Wildman–Crippen LogP) is 4.12. The number of nitrogens with zero attached hydrogens (tertiary/aromatic N) is 2. The molecule has 2 aliphatic heterocycles. The highest BCUT2D eigenvalue weighted by Crippen LogP contribution is 2.44. The first-order chi connectivity index (χ1) is 12.2. The number of carbonyl (C=O) groups excluding carboxylic acids is 1. The summed E-state index contributed by atoms with van der Waals surface area (Å²) in [5, 5.41) is 16.6. The molecule has 1 aromatic rings. The number of benzene rings is 1. The molecule has 0 radical (unpaired) electrons. The van der Waals surface area contributed by atoms with Crippen LogP contribution in [0.2, 0.25) is 0 Å². The van der Waals surface area contributed by atoms with Crippen molar-refractivity contribution < 1.29 is 14.6 Å². The second kappa shape index (κ2) is 6.45. The van der Waals surface area contributed by atoms with Crippen molar-refractivity contribution in [2.75, 3.05) is 7.05 Å². The second-order valence-corrected chi connectivity index (χ2v) is 7.87. The number of hydrogen-bond acceptors (Lipinski definition) is 4. The number of hydrogen-bond donors (Lipinski definition) is 1. The number of phenols is 1. The van der Waals surface area contributed by atoms with Crippen LogP contribution in [-0.2, 0) is 11.2 Å². The first-order valence-electron chi connectivity index (χ1n) is 9.28. The Balaban J connectivity index is 2.19. The van der Waals surface area contributed by atoms with Crippen LogP contribution < -0.4 is 4.74 Å². The zero-order valence-corrected chi connectivity index (χ0v) is 16.6. The van der Waals surface area contributed by atoms with Crippen LogP contribution in [0.5, 0.6) is 11.5 Å². The lowest BCUT2D eigenvalue weighted by molar-refractivity contribution is -0.124. The van der Waals surface area contributed by atoms with Crippen molar-refractivity contribution in [1.29, 1.82) is 0 Å². The molecule has 0 bridgehead atoms. The van der Waals surface area contributed by atoms with Crippen molar-refractivity contribution in [2.24, 2.45) is 5.10 Å². The standard InChI is InChI=1S/C21H28N2O3/c1-7-8-17-16(20(25)23(6)22-17)11-15-14-9-10-21(4,5)26-19(14)13(3)12(2)18(15)24/h11,24H,7-10H2,1-6H3. The van der Waals surface area contributed by atoms with E-state index in [4.69, 9.17) is 4.74 Å². The summed E-state index contributed by atoms with van der Waals surface area (Å²) in [5.41, 5.74) is 4.55. The van der Waals surface area contributed by atoms with E-state index in [9.17, 15) is 9.90 Å². The molecule has 1 amide bonds. The number of likely N-dealkylation sites (N-methyl/N-ethyl adjacent to an activating group) is 1. The largest absolute Gasteiger partial charge is 0.507 e. The lowest BCUT2D eigenvalue weighted by Gasteiger charge is -2.35. The molecule has 1 aromatic carbocycles. The highest BCUT2D eigenvalue weighted by Gasteiger charge is 2.33. The van der Waals surface area contributed by atoms with Gasteiger partial charge in [0.15, 0.2) is 0 Å². The minimum absolute atomic E-state index is 0.128. The van der Waals surface area contributed by atoms with E-state index < -0.39 is 0 Å². The maximum Gasteiger partial charge on any atom is 0.275 e. The number of aromatic hydroxyl groups is 1. The monoisotopic (exact) mass is 356 g/mol. The van der Waals surface area contributed by atoms with Gasteiger partial charge < -0.3 is 9.84 Å². The Morgan fingerprint density at radius 1 is 1.31 bits per heavy atom. The molecular formula is C21H28N2O3. The van der Waals surface area contributed by atoms with E-state index in [0.717, 1.165) is 53.8 Å². The molecular weight excluding hydrogens is 328 g/mol. The lowest BCUT2D eigenvalue weighted by atomic mass is 9.86. The molecule has 0 atom stereocenters. The zero-order chi connectivity index (χ0) is 19.2. The van der Waals surface area contributed by atoms with E-state index >= 15 is 0 Å². The number of rotatable bonds is 3. The summed E-state index contributed by atoms with van der Waals surface area (Å²) in [6, 6.07) is 0. The van der Waals surface area contributed by atoms with E-state index in [0.29, 0.717) is 11.1 Å². The number of ether oxygens (including phenoxy) is 1. The quantitative estimate of drug-likeness (QED) is 0.829. The maximum atomic E-state index is 12.6. The van der Waals surface area contributed by atoms with Crippen molar-refractivity contribution in [3.63, 3.8) is 0 Å². The fraction of sp³-hybridized carbons (Fsp3) is 0.524. The van der Waals surface area contributed by atoms with Gasteiger partial charge in [0.25, 0.3) is 5.91 Å². The molecule has 0 spiro atoms. The zero-order valence-electron chi connectivity index (χ0n) is 16.6. The van der Waals surface area contributed by atoms with Gasteiger partial charge in [0.1, 0.15) is 17.1 Å². The molecule has 2 aliphatic rings. The molecule has 2 heterocycles. The molecule has 0 aromatic heterocycles. The van der Waals surface area contributed by atoms with Gasteiger partial charge >= 0.3 is 0 Å². The van der Waals surface area contributed by atoms with Gasteiger partial charge in [-0.25, -0.2) is 5.01 Å². The van der Waals surface area contributed by atoms with Crippen LogP contribution in [0.3, 0.4) is 0 Å². The number of fused-ring (bicyclic) bond motifs is 1. The fourth-order valence-corrected chi connectivity index (χ4v) is 3.63. The molecule has 0 saturated heterocycles. The Morgan fingerprint density at radius 3 is 2.65 bits per heavy atom. The fourth-order valence-electron chi connectivity index (χ4n) is 3.63. The third-order valence-corrected chi connectivity index (χ3v) is 5.35. The molecule has 1 N–H and O–H groups in total. The SMILES string of the molecule is CCCC1=NN(C)C(=O)C1=Cc1c(O)c(C)c(C)c2c1CCC(C)(C)O2. The number of amides is 1. The highest BCUT2D eigenvalue weighted by molar-refractivity contribution is 6.27. The predicted molar refractivity (Wildman–Crippen MR) is 104 cm³/mol. The minimum Gasteiger partial charge on any atom is -0.507 e. The summed E-state index contributed by atoms with van der Waals surface area (Å²) in [7, 11) is 1.67. The molecule has 0 aliphatic carbocycles. The van der Waals surface area contributed by atoms with E-state index in [-0.39, 0.29) is 17.3 Å². The molecule has 0 unspecified atom stereocenters. The number of carbonyl (C=O) groups is 1. The lowest BCUT2D eigenvalue weighted by Crippen LogP contribution is -2.33. The van der Waals surface area contributed by atoms with Gasteiger partial charge in [-0.05, 0) is 64.2 Å². The van der Waals surface area contributed by atoms with Crippen LogP contribution in [0.15, 0.2) is 10.7 Å². The van der Waals surface area contributed by atoms with E-state index in [1.54, 1.807) is 7.05 Å². The highest BCUT2D eigenvalue weighted by atomic mass is 16.5. The van der Waals surface area contributed by atoms with Gasteiger partial charge in [0.2, 0.25) is 0 Å². The third kappa shape index (κ3) is 3.00. The van der Waals surface area contributed by atoms with Crippen molar-refractivity contribution in [3.05, 3.63) is 27.8 Å². The smallest absolute Gasteiger partial charge is 0.275 e. The topological polar surface area (TPSA) is 62.1 Å². The summed E-state index contributed by atoms with van der Waals surface area (Å²) in [5.74, 6) is 0.948. The van der Waals surface area contributed by atoms with Crippen molar-refractivity contribution in [2.45, 2.75) is 65.9 Å². The van der Waals surface area contributed by atoms with Gasteiger partial charge in [-0.3, -0.25) is 4.79 Å². The van der Waals surface area contributed by atoms with Crippen LogP contribution >= 0.6 is 0 Å². The molecule has 26 heavy (non-hydrogen) atoms. The minimum atomic E-state index is -0.232. The molecule has 5 nitrogen and oxygen atoms in total. The van der Waals surface area contributed by atoms with Crippen LogP contribution in [-0.4, -0.2) is 34.4 Å². The Labute approximate surface area is 155 Å². The first kappa shape index (κ1) is 18.5. The van der Waals surface area contributed by atoms with Crippen molar-refractivity contribution >= 4 is 17.7 Å². The average molecular weight is 356 g/mol. The van der Waals surface area contributed by atoms with Gasteiger partial charge in [0, 0.05) is 18.2 Å². The van der Waals surface area contributed by atoms with E-state index in [1.165, 1.54) is 5.01 Å². The Bertz CT molecular complexity index is 834. The Morgan fingerprint density at radius 2 is 2.00 bits per heavy atom. The summed E-state index contributed by atoms with van der Waals surface area (Å²) >= 11 is 0.